The standard InChI is InChI=1S/C8H11N5O/c1-3-10-7-6(5-12-13-7)4-11-8(14)9-2/h3-5H,1H2,2H3,(H,10,13)(H2,9,11,14)/b6-4+. The number of hydrazone groups is 1. The molecule has 0 saturated heterocycles. The molecule has 14 heavy (non-hydrogen) atoms. The van der Waals surface area contributed by atoms with E-state index in [2.05, 4.69) is 32.7 Å². The molecule has 0 aromatic carbocycles. The second kappa shape index (κ2) is 4.80. The lowest BCUT2D eigenvalue weighted by molar-refractivity contribution is 0.246. The molecule has 0 bridgehead atoms. The molecule has 0 saturated carbocycles. The molecule has 0 fully saturated rings. The zero-order chi connectivity index (χ0) is 10.4. The third-order valence-corrected chi connectivity index (χ3v) is 1.45. The molecule has 6 heteroatoms. The van der Waals surface area contributed by atoms with E-state index >= 15 is 0 Å². The van der Waals surface area contributed by atoms with Crippen molar-refractivity contribution in [3.8, 4) is 0 Å². The molecule has 0 aromatic heterocycles. The number of nitrogens with zero attached hydrogens (tertiary/aromatic N) is 2. The highest BCUT2D eigenvalue weighted by Crippen LogP contribution is 1.98. The van der Waals surface area contributed by atoms with Crippen LogP contribution in [-0.2, 0) is 0 Å². The van der Waals surface area contributed by atoms with Crippen LogP contribution in [0, 0.1) is 0 Å². The number of hydrogen-bond donors (Lipinski definition) is 3. The van der Waals surface area contributed by atoms with E-state index in [9.17, 15) is 4.79 Å². The van der Waals surface area contributed by atoms with Gasteiger partial charge in [-0.25, -0.2) is 9.79 Å². The van der Waals surface area contributed by atoms with Crippen molar-refractivity contribution in [2.75, 3.05) is 7.05 Å². The fourth-order valence-corrected chi connectivity index (χ4v) is 0.804. The summed E-state index contributed by atoms with van der Waals surface area (Å²) in [6.07, 6.45) is 4.45. The molecule has 74 valence electrons. The SMILES string of the molecule is C=C/N=C1/NN=C/C1=C\NC(=O)NC. The van der Waals surface area contributed by atoms with Crippen LogP contribution in [-0.4, -0.2) is 25.1 Å². The Morgan fingerprint density at radius 2 is 2.57 bits per heavy atom. The van der Waals surface area contributed by atoms with Gasteiger partial charge in [-0.05, 0) is 0 Å². The fourth-order valence-electron chi connectivity index (χ4n) is 0.804. The molecule has 2 amide bonds. The van der Waals surface area contributed by atoms with E-state index in [4.69, 9.17) is 0 Å². The highest BCUT2D eigenvalue weighted by Gasteiger charge is 2.09. The summed E-state index contributed by atoms with van der Waals surface area (Å²) in [5.41, 5.74) is 3.35. The molecular formula is C8H11N5O. The van der Waals surface area contributed by atoms with Crippen molar-refractivity contribution in [1.29, 1.82) is 0 Å². The molecule has 0 spiro atoms. The van der Waals surface area contributed by atoms with Crippen molar-refractivity contribution in [3.63, 3.8) is 0 Å². The van der Waals surface area contributed by atoms with E-state index in [1.165, 1.54) is 19.4 Å². The highest BCUT2D eigenvalue weighted by molar-refractivity contribution is 6.18. The fraction of sp³-hybridized carbons (Fsp3) is 0.125. The van der Waals surface area contributed by atoms with Crippen LogP contribution in [0.25, 0.3) is 0 Å². The number of carbonyl (C=O) groups excluding carboxylic acids is 1. The van der Waals surface area contributed by atoms with Gasteiger partial charge in [-0.1, -0.05) is 6.58 Å². The van der Waals surface area contributed by atoms with Crippen LogP contribution in [0.1, 0.15) is 0 Å². The number of amidine groups is 1. The summed E-state index contributed by atoms with van der Waals surface area (Å²) >= 11 is 0. The van der Waals surface area contributed by atoms with E-state index in [0.717, 1.165) is 0 Å². The molecule has 0 unspecified atom stereocenters. The summed E-state index contributed by atoms with van der Waals surface area (Å²) in [6.45, 7) is 3.46. The molecule has 0 aromatic rings. The van der Waals surface area contributed by atoms with Gasteiger partial charge >= 0.3 is 6.03 Å². The monoisotopic (exact) mass is 193 g/mol. The lowest BCUT2D eigenvalue weighted by Gasteiger charge is -1.99. The molecular weight excluding hydrogens is 182 g/mol. The van der Waals surface area contributed by atoms with Gasteiger partial charge in [0.15, 0.2) is 5.84 Å². The maximum Gasteiger partial charge on any atom is 0.318 e. The molecule has 1 heterocycles. The van der Waals surface area contributed by atoms with Crippen molar-refractivity contribution in [1.82, 2.24) is 16.1 Å². The molecule has 6 nitrogen and oxygen atoms in total. The second-order valence-electron chi connectivity index (χ2n) is 2.35. The summed E-state index contributed by atoms with van der Waals surface area (Å²) in [5.74, 6) is 0.552. The first kappa shape index (κ1) is 9.97. The number of urea groups is 1. The van der Waals surface area contributed by atoms with Gasteiger partial charge in [0.2, 0.25) is 0 Å². The molecule has 0 radical (unpaired) electrons. The van der Waals surface area contributed by atoms with E-state index in [1.54, 1.807) is 6.21 Å². The number of hydrogen-bond acceptors (Lipinski definition) is 3. The third kappa shape index (κ3) is 2.44. The maximum atomic E-state index is 10.8. The van der Waals surface area contributed by atoms with Gasteiger partial charge in [-0.3, -0.25) is 5.43 Å². The highest BCUT2D eigenvalue weighted by atomic mass is 16.2. The van der Waals surface area contributed by atoms with Gasteiger partial charge in [0.05, 0.1) is 11.8 Å². The summed E-state index contributed by atoms with van der Waals surface area (Å²) in [7, 11) is 1.54. The topological polar surface area (TPSA) is 77.9 Å². The summed E-state index contributed by atoms with van der Waals surface area (Å²) in [4.78, 5) is 14.8. The quantitative estimate of drug-likeness (QED) is 0.574. The van der Waals surface area contributed by atoms with Crippen LogP contribution in [0.4, 0.5) is 4.79 Å². The Hall–Kier alpha value is -2.11. The Bertz CT molecular complexity index is 329. The number of carbonyl (C=O) groups is 1. The first-order valence-corrected chi connectivity index (χ1v) is 3.94. The average molecular weight is 193 g/mol. The number of amides is 2. The maximum absolute atomic E-state index is 10.8. The smallest absolute Gasteiger partial charge is 0.318 e. The van der Waals surface area contributed by atoms with Crippen LogP contribution in [0.15, 0.2) is 34.6 Å². The first-order valence-electron chi connectivity index (χ1n) is 3.94. The van der Waals surface area contributed by atoms with Gasteiger partial charge in [0.1, 0.15) is 0 Å². The number of rotatable bonds is 2. The second-order valence-corrected chi connectivity index (χ2v) is 2.35. The summed E-state index contributed by atoms with van der Waals surface area (Å²) in [6, 6.07) is -0.296. The van der Waals surface area contributed by atoms with Gasteiger partial charge in [0.25, 0.3) is 0 Å². The van der Waals surface area contributed by atoms with Crippen molar-refractivity contribution in [2.45, 2.75) is 0 Å². The largest absolute Gasteiger partial charge is 0.341 e. The summed E-state index contributed by atoms with van der Waals surface area (Å²) in [5, 5.41) is 8.70. The minimum atomic E-state index is -0.296. The van der Waals surface area contributed by atoms with Crippen LogP contribution in [0.2, 0.25) is 0 Å². The minimum absolute atomic E-state index is 0.296. The van der Waals surface area contributed by atoms with E-state index in [1.807, 2.05) is 0 Å². The zero-order valence-corrected chi connectivity index (χ0v) is 7.74. The lowest BCUT2D eigenvalue weighted by Crippen LogP contribution is -2.29. The van der Waals surface area contributed by atoms with E-state index in [0.29, 0.717) is 11.4 Å². The molecule has 1 aliphatic rings. The number of aliphatic imine (C=N–C) groups is 1. The van der Waals surface area contributed by atoms with Crippen molar-refractivity contribution in [3.05, 3.63) is 24.6 Å². The average Bonchev–Trinajstić information content (AvgIpc) is 2.62. The predicted molar refractivity (Wildman–Crippen MR) is 54.9 cm³/mol. The van der Waals surface area contributed by atoms with Crippen molar-refractivity contribution < 1.29 is 4.79 Å². The normalized spacial score (nSPS) is 19.5. The summed E-state index contributed by atoms with van der Waals surface area (Å²) < 4.78 is 0. The van der Waals surface area contributed by atoms with Crippen LogP contribution < -0.4 is 16.1 Å². The van der Waals surface area contributed by atoms with Crippen LogP contribution in [0.5, 0.6) is 0 Å². The molecule has 3 N–H and O–H groups in total. The van der Waals surface area contributed by atoms with E-state index < -0.39 is 0 Å². The molecule has 1 rings (SSSR count). The van der Waals surface area contributed by atoms with E-state index in [-0.39, 0.29) is 6.03 Å². The number of nitrogens with one attached hydrogen (secondary N) is 3. The Morgan fingerprint density at radius 1 is 1.79 bits per heavy atom. The molecule has 0 aliphatic carbocycles. The minimum Gasteiger partial charge on any atom is -0.341 e. The van der Waals surface area contributed by atoms with Gasteiger partial charge in [-0.2, -0.15) is 5.10 Å². The Labute approximate surface area is 81.5 Å². The Balaban J connectivity index is 2.66. The zero-order valence-electron chi connectivity index (χ0n) is 7.74. The van der Waals surface area contributed by atoms with Gasteiger partial charge in [0, 0.05) is 19.4 Å². The van der Waals surface area contributed by atoms with Gasteiger partial charge < -0.3 is 10.6 Å². The first-order chi connectivity index (χ1) is 6.77. The lowest BCUT2D eigenvalue weighted by atomic mass is 10.3. The van der Waals surface area contributed by atoms with Gasteiger partial charge in [-0.15, -0.1) is 0 Å². The third-order valence-electron chi connectivity index (χ3n) is 1.45. The molecule has 1 aliphatic heterocycles. The van der Waals surface area contributed by atoms with Crippen LogP contribution >= 0.6 is 0 Å². The Morgan fingerprint density at radius 3 is 3.21 bits per heavy atom. The molecule has 0 atom stereocenters. The van der Waals surface area contributed by atoms with Crippen LogP contribution in [0.3, 0.4) is 0 Å². The Kier molecular flexibility index (Phi) is 3.42. The predicted octanol–water partition coefficient (Wildman–Crippen LogP) is -0.0697. The van der Waals surface area contributed by atoms with Crippen molar-refractivity contribution >= 4 is 18.1 Å². The van der Waals surface area contributed by atoms with Crippen molar-refractivity contribution in [2.24, 2.45) is 10.1 Å².